The number of pyridine rings is 1. The quantitative estimate of drug-likeness (QED) is 0.292. The molecule has 6 nitrogen and oxygen atoms in total. The largest absolute Gasteiger partial charge is 0.361 e. The second-order valence-corrected chi connectivity index (χ2v) is 10.3. The molecule has 0 spiro atoms. The highest BCUT2D eigenvalue weighted by atomic mass is 16.2. The van der Waals surface area contributed by atoms with Crippen molar-refractivity contribution >= 4 is 22.7 Å². The molecule has 1 aliphatic carbocycles. The highest BCUT2D eigenvalue weighted by Crippen LogP contribution is 2.34. The topological polar surface area (TPSA) is 86.9 Å². The highest BCUT2D eigenvalue weighted by molar-refractivity contribution is 5.99. The summed E-state index contributed by atoms with van der Waals surface area (Å²) in [5.74, 6) is -0.164. The van der Waals surface area contributed by atoms with E-state index < -0.39 is 5.54 Å². The number of fused-ring (bicyclic) bond motifs is 1. The predicted octanol–water partition coefficient (Wildman–Crippen LogP) is 5.73. The lowest BCUT2D eigenvalue weighted by molar-refractivity contribution is -0.128. The number of carbonyl (C=O) groups excluding carboxylic acids is 2. The molecule has 1 fully saturated rings. The van der Waals surface area contributed by atoms with Crippen molar-refractivity contribution in [2.75, 3.05) is 0 Å². The summed E-state index contributed by atoms with van der Waals surface area (Å²) in [6.07, 6.45) is 9.70. The number of aromatic nitrogens is 2. The van der Waals surface area contributed by atoms with E-state index in [1.54, 1.807) is 18.3 Å². The number of nitrogens with one attached hydrogen (secondary N) is 3. The fourth-order valence-electron chi connectivity index (χ4n) is 5.51. The van der Waals surface area contributed by atoms with E-state index in [9.17, 15) is 9.59 Å². The van der Waals surface area contributed by atoms with Gasteiger partial charge in [0.25, 0.3) is 5.91 Å². The van der Waals surface area contributed by atoms with Crippen LogP contribution in [0.25, 0.3) is 10.9 Å². The molecule has 37 heavy (non-hydrogen) atoms. The number of nitrogens with zero attached hydrogens (tertiary/aromatic N) is 1. The Labute approximate surface area is 217 Å². The maximum Gasteiger partial charge on any atom is 0.252 e. The van der Waals surface area contributed by atoms with Gasteiger partial charge in [0.05, 0.1) is 11.7 Å². The number of hydrogen-bond acceptors (Lipinski definition) is 3. The fourth-order valence-corrected chi connectivity index (χ4v) is 5.51. The fraction of sp³-hybridized carbons (Fsp3) is 0.323. The van der Waals surface area contributed by atoms with Crippen molar-refractivity contribution in [1.29, 1.82) is 0 Å². The van der Waals surface area contributed by atoms with Crippen LogP contribution in [0.2, 0.25) is 0 Å². The minimum Gasteiger partial charge on any atom is -0.361 e. The Hall–Kier alpha value is -3.93. The van der Waals surface area contributed by atoms with E-state index in [0.29, 0.717) is 17.9 Å². The van der Waals surface area contributed by atoms with Crippen LogP contribution in [0.5, 0.6) is 0 Å². The Morgan fingerprint density at radius 2 is 1.70 bits per heavy atom. The van der Waals surface area contributed by atoms with Gasteiger partial charge in [-0.2, -0.15) is 0 Å². The molecule has 2 aromatic carbocycles. The third kappa shape index (κ3) is 5.58. The molecule has 2 heterocycles. The first-order valence-electron chi connectivity index (χ1n) is 13.2. The minimum atomic E-state index is -1.18. The van der Waals surface area contributed by atoms with Crippen molar-refractivity contribution < 1.29 is 9.59 Å². The minimum absolute atomic E-state index is 0.204. The summed E-state index contributed by atoms with van der Waals surface area (Å²) < 4.78 is 0. The van der Waals surface area contributed by atoms with Gasteiger partial charge in [0.15, 0.2) is 0 Å². The van der Waals surface area contributed by atoms with Crippen LogP contribution in [0.3, 0.4) is 0 Å². The number of amides is 2. The normalized spacial score (nSPS) is 16.6. The van der Waals surface area contributed by atoms with E-state index in [2.05, 4.69) is 20.6 Å². The number of hydrogen-bond donors (Lipinski definition) is 3. The van der Waals surface area contributed by atoms with Gasteiger partial charge in [-0.15, -0.1) is 0 Å². The van der Waals surface area contributed by atoms with Gasteiger partial charge in [-0.05, 0) is 61.6 Å². The maximum atomic E-state index is 14.2. The summed E-state index contributed by atoms with van der Waals surface area (Å²) in [4.78, 5) is 35.4. The lowest BCUT2D eigenvalue weighted by Gasteiger charge is -2.35. The Morgan fingerprint density at radius 3 is 2.46 bits per heavy atom. The van der Waals surface area contributed by atoms with Gasteiger partial charge in [0, 0.05) is 35.3 Å². The van der Waals surface area contributed by atoms with Crippen molar-refractivity contribution in [2.24, 2.45) is 5.92 Å². The predicted molar refractivity (Wildman–Crippen MR) is 146 cm³/mol. The number of carbonyl (C=O) groups is 2. The average Bonchev–Trinajstić information content (AvgIpc) is 3.35. The molecule has 2 amide bonds. The number of para-hydroxylation sites is 1. The first kappa shape index (κ1) is 24.8. The van der Waals surface area contributed by atoms with Crippen LogP contribution >= 0.6 is 0 Å². The first-order chi connectivity index (χ1) is 18.0. The van der Waals surface area contributed by atoms with Gasteiger partial charge in [0.1, 0.15) is 5.54 Å². The van der Waals surface area contributed by atoms with Crippen molar-refractivity contribution in [3.05, 3.63) is 102 Å². The van der Waals surface area contributed by atoms with Gasteiger partial charge >= 0.3 is 0 Å². The van der Waals surface area contributed by atoms with Crippen LogP contribution < -0.4 is 10.6 Å². The summed E-state index contributed by atoms with van der Waals surface area (Å²) >= 11 is 0. The molecule has 3 N–H and O–H groups in total. The van der Waals surface area contributed by atoms with E-state index in [1.807, 2.05) is 73.8 Å². The van der Waals surface area contributed by atoms with Crippen molar-refractivity contribution in [3.8, 4) is 0 Å². The number of rotatable bonds is 8. The molecule has 1 aliphatic rings. The molecule has 1 saturated carbocycles. The van der Waals surface area contributed by atoms with Gasteiger partial charge in [-0.1, -0.05) is 61.7 Å². The van der Waals surface area contributed by atoms with E-state index in [4.69, 9.17) is 0 Å². The maximum absolute atomic E-state index is 14.2. The second-order valence-electron chi connectivity index (χ2n) is 10.3. The molecule has 2 atom stereocenters. The third-order valence-electron chi connectivity index (χ3n) is 7.56. The monoisotopic (exact) mass is 494 g/mol. The molecule has 6 heteroatoms. The van der Waals surface area contributed by atoms with Crippen molar-refractivity contribution in [2.45, 2.75) is 57.0 Å². The van der Waals surface area contributed by atoms with Crippen LogP contribution in [0, 0.1) is 5.92 Å². The molecule has 1 unspecified atom stereocenters. The zero-order chi connectivity index (χ0) is 25.7. The number of aromatic amines is 1. The molecule has 2 aromatic heterocycles. The lowest BCUT2D eigenvalue weighted by Crippen LogP contribution is -2.59. The SMILES string of the molecule is C[C@@](Cc1c[nH]c2ccccc12)(NC(=O)c1ccccc1)C(=O)NC(c1ccccn1)C1CCCCC1. The molecule has 5 rings (SSSR count). The zero-order valence-corrected chi connectivity index (χ0v) is 21.2. The van der Waals surface area contributed by atoms with Crippen molar-refractivity contribution in [3.63, 3.8) is 0 Å². The van der Waals surface area contributed by atoms with Gasteiger partial charge in [0.2, 0.25) is 5.91 Å². The number of benzene rings is 2. The molecular weight excluding hydrogens is 460 g/mol. The molecule has 190 valence electrons. The van der Waals surface area contributed by atoms with E-state index >= 15 is 0 Å². The van der Waals surface area contributed by atoms with E-state index in [0.717, 1.165) is 47.8 Å². The van der Waals surface area contributed by atoms with Crippen LogP contribution in [-0.2, 0) is 11.2 Å². The van der Waals surface area contributed by atoms with E-state index in [-0.39, 0.29) is 17.9 Å². The molecular formula is C31H34N4O2. The standard InChI is InChI=1S/C31H34N4O2/c1-31(35-29(36)23-14-6-3-7-15-23,20-24-21-33-26-17-9-8-16-25(24)26)30(37)34-28(22-12-4-2-5-13-22)27-18-10-11-19-32-27/h3,6-11,14-19,21-22,28,33H,2,4-5,12-13,20H2,1H3,(H,34,37)(H,35,36)/t28?,31-/m0/s1. The molecule has 0 radical (unpaired) electrons. The Bertz CT molecular complexity index is 1350. The van der Waals surface area contributed by atoms with Gasteiger partial charge < -0.3 is 15.6 Å². The smallest absolute Gasteiger partial charge is 0.252 e. The number of H-pyrrole nitrogens is 1. The highest BCUT2D eigenvalue weighted by Gasteiger charge is 2.39. The van der Waals surface area contributed by atoms with Crippen LogP contribution in [-0.4, -0.2) is 27.3 Å². The summed E-state index contributed by atoms with van der Waals surface area (Å²) in [7, 11) is 0. The summed E-state index contributed by atoms with van der Waals surface area (Å²) in [6.45, 7) is 1.82. The Balaban J connectivity index is 1.47. The zero-order valence-electron chi connectivity index (χ0n) is 21.2. The van der Waals surface area contributed by atoms with Gasteiger partial charge in [-0.25, -0.2) is 0 Å². The summed E-state index contributed by atoms with van der Waals surface area (Å²) in [5.41, 5.74) is 2.19. The Morgan fingerprint density at radius 1 is 0.973 bits per heavy atom. The summed E-state index contributed by atoms with van der Waals surface area (Å²) in [5, 5.41) is 7.47. The lowest BCUT2D eigenvalue weighted by atomic mass is 9.81. The van der Waals surface area contributed by atoms with Crippen LogP contribution in [0.15, 0.2) is 85.2 Å². The molecule has 0 aliphatic heterocycles. The van der Waals surface area contributed by atoms with Crippen molar-refractivity contribution in [1.82, 2.24) is 20.6 Å². The van der Waals surface area contributed by atoms with E-state index in [1.165, 1.54) is 6.42 Å². The molecule has 4 aromatic rings. The second kappa shape index (κ2) is 11.0. The molecule has 0 bridgehead atoms. The average molecular weight is 495 g/mol. The van der Waals surface area contributed by atoms with Crippen LogP contribution in [0.4, 0.5) is 0 Å². The van der Waals surface area contributed by atoms with Crippen LogP contribution in [0.1, 0.15) is 66.7 Å². The first-order valence-corrected chi connectivity index (χ1v) is 13.2. The summed E-state index contributed by atoms with van der Waals surface area (Å²) in [6, 6.07) is 22.7. The van der Waals surface area contributed by atoms with Gasteiger partial charge in [-0.3, -0.25) is 14.6 Å². The Kier molecular flexibility index (Phi) is 7.35. The third-order valence-corrected chi connectivity index (χ3v) is 7.56. The molecule has 0 saturated heterocycles.